The molecule has 1 aliphatic heterocycles. The largest absolute Gasteiger partial charge is 0.374 e. The number of guanidine groups is 1. The summed E-state index contributed by atoms with van der Waals surface area (Å²) in [5.74, 6) is 0.917. The van der Waals surface area contributed by atoms with Crippen LogP contribution in [0.15, 0.2) is 17.6 Å². The fourth-order valence-electron chi connectivity index (χ4n) is 1.75. The van der Waals surface area contributed by atoms with Crippen LogP contribution >= 0.6 is 0 Å². The summed E-state index contributed by atoms with van der Waals surface area (Å²) in [5, 5.41) is 3.14. The maximum Gasteiger partial charge on any atom is 0.188 e. The summed E-state index contributed by atoms with van der Waals surface area (Å²) in [7, 11) is 0. The topological polar surface area (TPSA) is 59.6 Å². The van der Waals surface area contributed by atoms with Crippen molar-refractivity contribution in [3.63, 3.8) is 0 Å². The molecule has 1 saturated heterocycles. The van der Waals surface area contributed by atoms with Gasteiger partial charge in [-0.1, -0.05) is 6.08 Å². The van der Waals surface area contributed by atoms with E-state index in [9.17, 15) is 0 Å². The molecule has 0 aromatic rings. The van der Waals surface area contributed by atoms with Gasteiger partial charge in [0, 0.05) is 24.6 Å². The average molecular weight is 225 g/mol. The molecular weight excluding hydrogens is 202 g/mol. The molecule has 16 heavy (non-hydrogen) atoms. The Bertz CT molecular complexity index is 268. The second-order valence-corrected chi connectivity index (χ2v) is 5.22. The van der Waals surface area contributed by atoms with Gasteiger partial charge in [0.05, 0.1) is 6.10 Å². The van der Waals surface area contributed by atoms with Crippen LogP contribution in [0.3, 0.4) is 0 Å². The first-order valence-electron chi connectivity index (χ1n) is 5.74. The predicted octanol–water partition coefficient (Wildman–Crippen LogP) is 1.28. The number of nitrogens with two attached hydrogens (primary N) is 1. The molecule has 3 N–H and O–H groups in total. The Morgan fingerprint density at radius 2 is 2.31 bits per heavy atom. The van der Waals surface area contributed by atoms with E-state index in [0.717, 1.165) is 13.0 Å². The van der Waals surface area contributed by atoms with Crippen molar-refractivity contribution in [2.24, 2.45) is 16.6 Å². The smallest absolute Gasteiger partial charge is 0.188 e. The first kappa shape index (κ1) is 13.0. The van der Waals surface area contributed by atoms with Crippen LogP contribution < -0.4 is 11.1 Å². The van der Waals surface area contributed by atoms with Crippen molar-refractivity contribution in [3.8, 4) is 0 Å². The normalized spacial score (nSPS) is 26.8. The third kappa shape index (κ3) is 4.23. The minimum absolute atomic E-state index is 0.0441. The lowest BCUT2D eigenvalue weighted by Crippen LogP contribution is -2.45. The second kappa shape index (κ2) is 5.34. The lowest BCUT2D eigenvalue weighted by molar-refractivity contribution is 0.129. The van der Waals surface area contributed by atoms with Crippen LogP contribution in [0.5, 0.6) is 0 Å². The second-order valence-electron chi connectivity index (χ2n) is 5.22. The van der Waals surface area contributed by atoms with Gasteiger partial charge in [0.1, 0.15) is 0 Å². The van der Waals surface area contributed by atoms with Gasteiger partial charge in [-0.2, -0.15) is 0 Å². The highest BCUT2D eigenvalue weighted by Crippen LogP contribution is 2.21. The number of rotatable bonds is 3. The van der Waals surface area contributed by atoms with E-state index in [1.807, 2.05) is 6.08 Å². The van der Waals surface area contributed by atoms with Gasteiger partial charge < -0.3 is 15.8 Å². The van der Waals surface area contributed by atoms with Gasteiger partial charge in [-0.15, -0.1) is 6.58 Å². The summed E-state index contributed by atoms with van der Waals surface area (Å²) in [6.45, 7) is 11.4. The molecule has 0 bridgehead atoms. The summed E-state index contributed by atoms with van der Waals surface area (Å²) in [4.78, 5) is 4.35. The summed E-state index contributed by atoms with van der Waals surface area (Å²) in [6, 6.07) is 0. The molecule has 1 rings (SSSR count). The molecule has 0 spiro atoms. The molecule has 1 aliphatic rings. The van der Waals surface area contributed by atoms with E-state index in [1.54, 1.807) is 0 Å². The third-order valence-corrected chi connectivity index (χ3v) is 2.50. The van der Waals surface area contributed by atoms with Crippen molar-refractivity contribution >= 4 is 5.96 Å². The molecule has 1 fully saturated rings. The Hall–Kier alpha value is -1.03. The molecule has 0 aliphatic carbocycles. The number of nitrogens with zero attached hydrogens (tertiary/aromatic N) is 1. The van der Waals surface area contributed by atoms with Crippen LogP contribution in [0.2, 0.25) is 0 Å². The standard InChI is InChI=1S/C12H23N3O/c1-5-10-9(6-7-16-10)8-14-11(13)15-12(2,3)4/h5,9-10H,1,6-8H2,2-4H3,(H3,13,14,15)/t9-,10-/m0/s1. The van der Waals surface area contributed by atoms with E-state index in [0.29, 0.717) is 18.4 Å². The number of hydrogen-bond donors (Lipinski definition) is 2. The Kier molecular flexibility index (Phi) is 4.35. The predicted molar refractivity (Wildman–Crippen MR) is 67.4 cm³/mol. The number of aliphatic imine (C=N–C) groups is 1. The van der Waals surface area contributed by atoms with Gasteiger partial charge in [-0.3, -0.25) is 4.99 Å². The van der Waals surface area contributed by atoms with E-state index in [4.69, 9.17) is 10.5 Å². The molecule has 0 radical (unpaired) electrons. The van der Waals surface area contributed by atoms with E-state index in [-0.39, 0.29) is 11.6 Å². The van der Waals surface area contributed by atoms with Crippen molar-refractivity contribution in [2.75, 3.05) is 13.2 Å². The minimum atomic E-state index is -0.0441. The van der Waals surface area contributed by atoms with Gasteiger partial charge in [0.2, 0.25) is 0 Å². The molecule has 0 amide bonds. The lowest BCUT2D eigenvalue weighted by Gasteiger charge is -2.21. The highest BCUT2D eigenvalue weighted by molar-refractivity contribution is 5.78. The highest BCUT2D eigenvalue weighted by Gasteiger charge is 2.25. The molecule has 92 valence electrons. The maximum atomic E-state index is 5.80. The van der Waals surface area contributed by atoms with Crippen molar-refractivity contribution < 1.29 is 4.74 Å². The van der Waals surface area contributed by atoms with Crippen LogP contribution in [0.1, 0.15) is 27.2 Å². The molecule has 4 nitrogen and oxygen atoms in total. The molecule has 0 aromatic heterocycles. The van der Waals surface area contributed by atoms with E-state index < -0.39 is 0 Å². The minimum Gasteiger partial charge on any atom is -0.374 e. The fraction of sp³-hybridized carbons (Fsp3) is 0.750. The third-order valence-electron chi connectivity index (χ3n) is 2.50. The van der Waals surface area contributed by atoms with Gasteiger partial charge in [-0.25, -0.2) is 0 Å². The van der Waals surface area contributed by atoms with Crippen LogP contribution in [0, 0.1) is 5.92 Å². The van der Waals surface area contributed by atoms with E-state index in [2.05, 4.69) is 37.7 Å². The Balaban J connectivity index is 2.43. The summed E-state index contributed by atoms with van der Waals surface area (Å²) >= 11 is 0. The molecule has 2 atom stereocenters. The Morgan fingerprint density at radius 1 is 1.62 bits per heavy atom. The Labute approximate surface area is 98.0 Å². The average Bonchev–Trinajstić information content (AvgIpc) is 2.59. The van der Waals surface area contributed by atoms with Crippen molar-refractivity contribution in [3.05, 3.63) is 12.7 Å². The van der Waals surface area contributed by atoms with Gasteiger partial charge in [0.15, 0.2) is 5.96 Å². The molecule has 0 unspecified atom stereocenters. The zero-order valence-electron chi connectivity index (χ0n) is 10.5. The number of hydrogen-bond acceptors (Lipinski definition) is 2. The zero-order chi connectivity index (χ0) is 12.2. The monoisotopic (exact) mass is 225 g/mol. The summed E-state index contributed by atoms with van der Waals surface area (Å²) in [6.07, 6.45) is 3.01. The van der Waals surface area contributed by atoms with Crippen LogP contribution in [0.4, 0.5) is 0 Å². The quantitative estimate of drug-likeness (QED) is 0.432. The molecule has 0 saturated carbocycles. The number of nitrogens with one attached hydrogen (secondary N) is 1. The molecular formula is C12H23N3O. The highest BCUT2D eigenvalue weighted by atomic mass is 16.5. The fourth-order valence-corrected chi connectivity index (χ4v) is 1.75. The van der Waals surface area contributed by atoms with Gasteiger partial charge in [0.25, 0.3) is 0 Å². The SMILES string of the molecule is C=C[C@@H]1OCC[C@H]1CN=C(N)NC(C)(C)C. The zero-order valence-corrected chi connectivity index (χ0v) is 10.5. The first-order chi connectivity index (χ1) is 7.42. The molecule has 1 heterocycles. The summed E-state index contributed by atoms with van der Waals surface area (Å²) in [5.41, 5.74) is 5.75. The van der Waals surface area contributed by atoms with Gasteiger partial charge in [-0.05, 0) is 27.2 Å². The van der Waals surface area contributed by atoms with Crippen LogP contribution in [-0.2, 0) is 4.74 Å². The Morgan fingerprint density at radius 3 is 2.88 bits per heavy atom. The van der Waals surface area contributed by atoms with Crippen molar-refractivity contribution in [2.45, 2.75) is 38.8 Å². The maximum absolute atomic E-state index is 5.80. The molecule has 4 heteroatoms. The van der Waals surface area contributed by atoms with Crippen molar-refractivity contribution in [1.29, 1.82) is 0 Å². The number of ether oxygens (including phenoxy) is 1. The van der Waals surface area contributed by atoms with Crippen molar-refractivity contribution in [1.82, 2.24) is 5.32 Å². The lowest BCUT2D eigenvalue weighted by atomic mass is 10.0. The van der Waals surface area contributed by atoms with Crippen LogP contribution in [0.25, 0.3) is 0 Å². The van der Waals surface area contributed by atoms with E-state index >= 15 is 0 Å². The molecule has 0 aromatic carbocycles. The summed E-state index contributed by atoms with van der Waals surface area (Å²) < 4.78 is 5.50. The first-order valence-corrected chi connectivity index (χ1v) is 5.74. The van der Waals surface area contributed by atoms with E-state index in [1.165, 1.54) is 0 Å². The van der Waals surface area contributed by atoms with Crippen LogP contribution in [-0.4, -0.2) is 30.8 Å². The van der Waals surface area contributed by atoms with Gasteiger partial charge >= 0.3 is 0 Å².